The highest BCUT2D eigenvalue weighted by Crippen LogP contribution is 2.07. The number of hydrogen-bond acceptors (Lipinski definition) is 3. The molecule has 1 heterocycles. The molecular formula is C14H20N2O2. The Bertz CT molecular complexity index is 383. The van der Waals surface area contributed by atoms with Crippen molar-refractivity contribution in [3.63, 3.8) is 0 Å². The van der Waals surface area contributed by atoms with E-state index in [0.29, 0.717) is 13.2 Å². The summed E-state index contributed by atoms with van der Waals surface area (Å²) in [4.78, 5) is 11.8. The fraction of sp³-hybridized carbons (Fsp3) is 0.500. The SMILES string of the molecule is COCc1ccc(CNC(=O)C2CCCN2)cc1. The van der Waals surface area contributed by atoms with Crippen LogP contribution in [-0.4, -0.2) is 25.6 Å². The lowest BCUT2D eigenvalue weighted by atomic mass is 10.1. The van der Waals surface area contributed by atoms with Crippen LogP contribution in [0.25, 0.3) is 0 Å². The predicted octanol–water partition coefficient (Wildman–Crippen LogP) is 1.20. The highest BCUT2D eigenvalue weighted by atomic mass is 16.5. The summed E-state index contributed by atoms with van der Waals surface area (Å²) in [5.41, 5.74) is 2.26. The number of amides is 1. The first-order valence-corrected chi connectivity index (χ1v) is 6.37. The van der Waals surface area contributed by atoms with E-state index in [0.717, 1.165) is 30.5 Å². The lowest BCUT2D eigenvalue weighted by molar-refractivity contribution is -0.122. The number of methoxy groups -OCH3 is 1. The van der Waals surface area contributed by atoms with Crippen LogP contribution < -0.4 is 10.6 Å². The molecular weight excluding hydrogens is 228 g/mol. The average Bonchev–Trinajstić information content (AvgIpc) is 2.92. The van der Waals surface area contributed by atoms with Crippen molar-refractivity contribution in [2.24, 2.45) is 0 Å². The Hall–Kier alpha value is -1.39. The van der Waals surface area contributed by atoms with Gasteiger partial charge in [-0.05, 0) is 30.5 Å². The molecule has 1 saturated heterocycles. The molecule has 98 valence electrons. The van der Waals surface area contributed by atoms with Gasteiger partial charge >= 0.3 is 0 Å². The van der Waals surface area contributed by atoms with Crippen LogP contribution in [-0.2, 0) is 22.7 Å². The van der Waals surface area contributed by atoms with Crippen molar-refractivity contribution in [2.75, 3.05) is 13.7 Å². The van der Waals surface area contributed by atoms with E-state index in [1.165, 1.54) is 0 Å². The van der Waals surface area contributed by atoms with E-state index in [1.807, 2.05) is 24.3 Å². The van der Waals surface area contributed by atoms with Gasteiger partial charge in [-0.3, -0.25) is 4.79 Å². The van der Waals surface area contributed by atoms with Crippen LogP contribution in [0.3, 0.4) is 0 Å². The van der Waals surface area contributed by atoms with Crippen LogP contribution >= 0.6 is 0 Å². The van der Waals surface area contributed by atoms with E-state index >= 15 is 0 Å². The van der Waals surface area contributed by atoms with Gasteiger partial charge in [-0.25, -0.2) is 0 Å². The number of benzene rings is 1. The minimum Gasteiger partial charge on any atom is -0.380 e. The standard InChI is InChI=1S/C14H20N2O2/c1-18-10-12-6-4-11(5-7-12)9-16-14(17)13-3-2-8-15-13/h4-7,13,15H,2-3,8-10H2,1H3,(H,16,17). The predicted molar refractivity (Wildman–Crippen MR) is 70.0 cm³/mol. The summed E-state index contributed by atoms with van der Waals surface area (Å²) in [5, 5.41) is 6.15. The van der Waals surface area contributed by atoms with Gasteiger partial charge in [0.15, 0.2) is 0 Å². The third-order valence-corrected chi connectivity index (χ3v) is 3.18. The van der Waals surface area contributed by atoms with Crippen molar-refractivity contribution in [1.29, 1.82) is 0 Å². The molecule has 1 aromatic carbocycles. The molecule has 0 radical (unpaired) electrons. The second kappa shape index (κ2) is 6.52. The zero-order valence-corrected chi connectivity index (χ0v) is 10.7. The molecule has 1 aliphatic rings. The second-order valence-electron chi connectivity index (χ2n) is 4.62. The zero-order chi connectivity index (χ0) is 12.8. The van der Waals surface area contributed by atoms with Crippen LogP contribution in [0, 0.1) is 0 Å². The van der Waals surface area contributed by atoms with E-state index in [2.05, 4.69) is 10.6 Å². The number of carbonyl (C=O) groups excluding carboxylic acids is 1. The summed E-state index contributed by atoms with van der Waals surface area (Å²) in [6.45, 7) is 2.16. The fourth-order valence-corrected chi connectivity index (χ4v) is 2.14. The molecule has 0 aliphatic carbocycles. The lowest BCUT2D eigenvalue weighted by Crippen LogP contribution is -2.39. The molecule has 0 bridgehead atoms. The van der Waals surface area contributed by atoms with Crippen molar-refractivity contribution in [3.8, 4) is 0 Å². The zero-order valence-electron chi connectivity index (χ0n) is 10.7. The van der Waals surface area contributed by atoms with Crippen molar-refractivity contribution in [1.82, 2.24) is 10.6 Å². The maximum atomic E-state index is 11.8. The number of rotatable bonds is 5. The molecule has 0 aromatic heterocycles. The normalized spacial score (nSPS) is 18.8. The van der Waals surface area contributed by atoms with Crippen LogP contribution in [0.4, 0.5) is 0 Å². The average molecular weight is 248 g/mol. The van der Waals surface area contributed by atoms with Gasteiger partial charge in [-0.15, -0.1) is 0 Å². The van der Waals surface area contributed by atoms with Gasteiger partial charge < -0.3 is 15.4 Å². The summed E-state index contributed by atoms with van der Waals surface area (Å²) >= 11 is 0. The molecule has 1 aliphatic heterocycles. The Balaban J connectivity index is 1.80. The third-order valence-electron chi connectivity index (χ3n) is 3.18. The van der Waals surface area contributed by atoms with Gasteiger partial charge in [0.05, 0.1) is 12.6 Å². The Kier molecular flexibility index (Phi) is 4.73. The quantitative estimate of drug-likeness (QED) is 0.823. The molecule has 0 saturated carbocycles. The molecule has 4 heteroatoms. The molecule has 1 amide bonds. The van der Waals surface area contributed by atoms with Crippen molar-refractivity contribution < 1.29 is 9.53 Å². The number of nitrogens with one attached hydrogen (secondary N) is 2. The molecule has 1 atom stereocenters. The Morgan fingerprint density at radius 2 is 2.11 bits per heavy atom. The fourth-order valence-electron chi connectivity index (χ4n) is 2.14. The molecule has 1 fully saturated rings. The molecule has 1 unspecified atom stereocenters. The highest BCUT2D eigenvalue weighted by Gasteiger charge is 2.21. The van der Waals surface area contributed by atoms with Gasteiger partial charge in [0, 0.05) is 13.7 Å². The number of hydrogen-bond donors (Lipinski definition) is 2. The first-order valence-electron chi connectivity index (χ1n) is 6.37. The molecule has 1 aromatic rings. The van der Waals surface area contributed by atoms with Crippen molar-refractivity contribution in [2.45, 2.75) is 32.0 Å². The summed E-state index contributed by atoms with van der Waals surface area (Å²) < 4.78 is 5.06. The molecule has 0 spiro atoms. The second-order valence-corrected chi connectivity index (χ2v) is 4.62. The van der Waals surface area contributed by atoms with Gasteiger partial charge in [-0.2, -0.15) is 0 Å². The van der Waals surface area contributed by atoms with Crippen LogP contribution in [0.1, 0.15) is 24.0 Å². The van der Waals surface area contributed by atoms with Crippen molar-refractivity contribution >= 4 is 5.91 Å². The largest absolute Gasteiger partial charge is 0.380 e. The third kappa shape index (κ3) is 3.55. The number of ether oxygens (including phenoxy) is 1. The smallest absolute Gasteiger partial charge is 0.237 e. The van der Waals surface area contributed by atoms with Gasteiger partial charge in [0.1, 0.15) is 0 Å². The lowest BCUT2D eigenvalue weighted by Gasteiger charge is -2.11. The van der Waals surface area contributed by atoms with Crippen LogP contribution in [0.5, 0.6) is 0 Å². The molecule has 4 nitrogen and oxygen atoms in total. The summed E-state index contributed by atoms with van der Waals surface area (Å²) in [6.07, 6.45) is 2.03. The maximum absolute atomic E-state index is 11.8. The highest BCUT2D eigenvalue weighted by molar-refractivity contribution is 5.81. The van der Waals surface area contributed by atoms with Gasteiger partial charge in [0.25, 0.3) is 0 Å². The van der Waals surface area contributed by atoms with Crippen LogP contribution in [0.15, 0.2) is 24.3 Å². The molecule has 2 rings (SSSR count). The topological polar surface area (TPSA) is 50.4 Å². The Labute approximate surface area is 108 Å². The monoisotopic (exact) mass is 248 g/mol. The Morgan fingerprint density at radius 3 is 2.72 bits per heavy atom. The minimum atomic E-state index is -0.00207. The van der Waals surface area contributed by atoms with Gasteiger partial charge in [0.2, 0.25) is 5.91 Å². The number of carbonyl (C=O) groups is 1. The molecule has 18 heavy (non-hydrogen) atoms. The summed E-state index contributed by atoms with van der Waals surface area (Å²) in [6, 6.07) is 8.10. The van der Waals surface area contributed by atoms with E-state index in [1.54, 1.807) is 7.11 Å². The van der Waals surface area contributed by atoms with Crippen molar-refractivity contribution in [3.05, 3.63) is 35.4 Å². The van der Waals surface area contributed by atoms with Crippen LogP contribution in [0.2, 0.25) is 0 Å². The van der Waals surface area contributed by atoms with Gasteiger partial charge in [-0.1, -0.05) is 24.3 Å². The molecule has 2 N–H and O–H groups in total. The van der Waals surface area contributed by atoms with E-state index in [-0.39, 0.29) is 11.9 Å². The maximum Gasteiger partial charge on any atom is 0.237 e. The first-order chi connectivity index (χ1) is 8.79. The van der Waals surface area contributed by atoms with E-state index in [4.69, 9.17) is 4.74 Å². The summed E-state index contributed by atoms with van der Waals surface area (Å²) in [7, 11) is 1.68. The Morgan fingerprint density at radius 1 is 1.39 bits per heavy atom. The van der Waals surface area contributed by atoms with E-state index in [9.17, 15) is 4.79 Å². The minimum absolute atomic E-state index is 0.00207. The van der Waals surface area contributed by atoms with E-state index < -0.39 is 0 Å². The summed E-state index contributed by atoms with van der Waals surface area (Å²) in [5.74, 6) is 0.105. The first kappa shape index (κ1) is 13.1.